The number of thiazole rings is 1. The van der Waals surface area contributed by atoms with E-state index in [1.165, 1.54) is 12.4 Å². The third kappa shape index (κ3) is 5.15. The number of hydrogen-bond acceptors (Lipinski definition) is 10. The van der Waals surface area contributed by atoms with E-state index < -0.39 is 9.84 Å². The molecule has 37 heavy (non-hydrogen) atoms. The molecule has 0 saturated heterocycles. The van der Waals surface area contributed by atoms with E-state index in [9.17, 15) is 8.42 Å². The maximum atomic E-state index is 12.9. The van der Waals surface area contributed by atoms with Crippen molar-refractivity contribution in [2.75, 3.05) is 16.4 Å². The van der Waals surface area contributed by atoms with Gasteiger partial charge < -0.3 is 10.6 Å². The summed E-state index contributed by atoms with van der Waals surface area (Å²) in [6, 6.07) is 5.68. The molecule has 4 heterocycles. The van der Waals surface area contributed by atoms with Crippen molar-refractivity contribution in [3.8, 4) is 10.6 Å². The molecule has 0 aliphatic heterocycles. The highest BCUT2D eigenvalue weighted by molar-refractivity contribution is 7.91. The van der Waals surface area contributed by atoms with Crippen LogP contribution >= 0.6 is 11.3 Å². The lowest BCUT2D eigenvalue weighted by Gasteiger charge is -2.18. The number of anilines is 2. The summed E-state index contributed by atoms with van der Waals surface area (Å²) in [5.41, 5.74) is 3.55. The van der Waals surface area contributed by atoms with Gasteiger partial charge in [0.2, 0.25) is 5.95 Å². The van der Waals surface area contributed by atoms with Crippen molar-refractivity contribution in [3.63, 3.8) is 0 Å². The highest BCUT2D eigenvalue weighted by atomic mass is 32.2. The predicted octanol–water partition coefficient (Wildman–Crippen LogP) is 4.79. The van der Waals surface area contributed by atoms with Crippen molar-refractivity contribution in [2.24, 2.45) is 5.92 Å². The topological polar surface area (TPSA) is 123 Å². The summed E-state index contributed by atoms with van der Waals surface area (Å²) in [6.07, 6.45) is 9.62. The zero-order valence-corrected chi connectivity index (χ0v) is 22.4. The molecule has 2 saturated carbocycles. The Morgan fingerprint density at radius 2 is 1.70 bits per heavy atom. The van der Waals surface area contributed by atoms with Crippen molar-refractivity contribution in [2.45, 2.75) is 62.9 Å². The number of aryl methyl sites for hydroxylation is 2. The number of pyridine rings is 2. The van der Waals surface area contributed by atoms with E-state index in [0.717, 1.165) is 70.1 Å². The molecule has 2 atom stereocenters. The monoisotopic (exact) mass is 535 g/mol. The largest absolute Gasteiger partial charge is 0.367 e. The summed E-state index contributed by atoms with van der Waals surface area (Å²) >= 11 is 1.61. The Morgan fingerprint density at radius 1 is 0.919 bits per heavy atom. The molecule has 0 radical (unpaired) electrons. The quantitative estimate of drug-likeness (QED) is 0.328. The maximum absolute atomic E-state index is 12.9. The first-order chi connectivity index (χ1) is 17.9. The smallest absolute Gasteiger partial charge is 0.225 e. The molecule has 0 bridgehead atoms. The van der Waals surface area contributed by atoms with Gasteiger partial charge in [0.25, 0.3) is 0 Å². The average molecular weight is 536 g/mol. The van der Waals surface area contributed by atoms with Crippen molar-refractivity contribution >= 4 is 43.2 Å². The minimum atomic E-state index is -3.35. The average Bonchev–Trinajstić information content (AvgIpc) is 3.40. The van der Waals surface area contributed by atoms with E-state index in [0.29, 0.717) is 16.9 Å². The molecular weight excluding hydrogens is 506 g/mol. The molecule has 9 nitrogen and oxygen atoms in total. The van der Waals surface area contributed by atoms with Gasteiger partial charge in [-0.2, -0.15) is 4.98 Å². The second kappa shape index (κ2) is 9.60. The summed E-state index contributed by atoms with van der Waals surface area (Å²) in [5.74, 6) is 1.61. The molecule has 0 spiro atoms. The van der Waals surface area contributed by atoms with E-state index >= 15 is 0 Å². The Labute approximate surface area is 220 Å². The van der Waals surface area contributed by atoms with Crippen molar-refractivity contribution in [3.05, 3.63) is 48.2 Å². The summed E-state index contributed by atoms with van der Waals surface area (Å²) in [5, 5.41) is 7.93. The van der Waals surface area contributed by atoms with E-state index in [2.05, 4.69) is 20.6 Å². The van der Waals surface area contributed by atoms with Gasteiger partial charge in [-0.25, -0.2) is 18.4 Å². The zero-order chi connectivity index (χ0) is 25.6. The number of nitrogens with one attached hydrogen (secondary N) is 2. The summed E-state index contributed by atoms with van der Waals surface area (Å²) < 4.78 is 26.9. The van der Waals surface area contributed by atoms with Crippen LogP contribution in [0.15, 0.2) is 41.7 Å². The molecule has 0 aromatic carbocycles. The van der Waals surface area contributed by atoms with Gasteiger partial charge in [0, 0.05) is 30.7 Å². The Bertz CT molecular complexity index is 1550. The minimum absolute atomic E-state index is 0.0854. The molecule has 0 amide bonds. The predicted molar refractivity (Wildman–Crippen MR) is 146 cm³/mol. The van der Waals surface area contributed by atoms with Crippen molar-refractivity contribution in [1.29, 1.82) is 0 Å². The first-order valence-corrected chi connectivity index (χ1v) is 15.1. The first-order valence-electron chi connectivity index (χ1n) is 12.6. The summed E-state index contributed by atoms with van der Waals surface area (Å²) in [4.78, 5) is 23.2. The molecule has 2 aliphatic carbocycles. The third-order valence-corrected chi connectivity index (χ3v) is 9.99. The van der Waals surface area contributed by atoms with E-state index in [4.69, 9.17) is 15.0 Å². The summed E-state index contributed by atoms with van der Waals surface area (Å²) in [7, 11) is -3.35. The van der Waals surface area contributed by atoms with Crippen LogP contribution in [0.3, 0.4) is 0 Å². The van der Waals surface area contributed by atoms with Crippen LogP contribution < -0.4 is 10.6 Å². The van der Waals surface area contributed by atoms with Gasteiger partial charge in [-0.3, -0.25) is 9.97 Å². The van der Waals surface area contributed by atoms with Crippen molar-refractivity contribution < 1.29 is 8.42 Å². The maximum Gasteiger partial charge on any atom is 0.225 e. The van der Waals surface area contributed by atoms with Crippen LogP contribution in [-0.2, 0) is 9.84 Å². The lowest BCUT2D eigenvalue weighted by Crippen LogP contribution is -2.21. The molecule has 2 N–H and O–H groups in total. The lowest BCUT2D eigenvalue weighted by molar-refractivity contribution is 0.555. The Balaban J connectivity index is 1.27. The van der Waals surface area contributed by atoms with Crippen LogP contribution in [0.5, 0.6) is 0 Å². The standard InChI is InChI=1S/C26H29N7O2S2/c1-15-22(25-32-23-16(2)28-12-9-21(23)36-25)24(33-26(29-15)31-18-5-6-18)30-19-4-3-17(13-19)14-37(34,35)20-7-10-27-11-8-20/h7-12,17-19H,3-6,13-14H2,1-2H3,(H2,29,30,31,33). The van der Waals surface area contributed by atoms with E-state index in [-0.39, 0.29) is 17.7 Å². The van der Waals surface area contributed by atoms with Gasteiger partial charge in [-0.1, -0.05) is 0 Å². The van der Waals surface area contributed by atoms with Crippen LogP contribution in [0.2, 0.25) is 0 Å². The number of aromatic nitrogens is 5. The molecule has 4 aromatic heterocycles. The molecule has 192 valence electrons. The van der Waals surface area contributed by atoms with Crippen molar-refractivity contribution in [1.82, 2.24) is 24.9 Å². The van der Waals surface area contributed by atoms with Gasteiger partial charge in [0.15, 0.2) is 9.84 Å². The fourth-order valence-electron chi connectivity index (χ4n) is 5.00. The number of sulfone groups is 1. The number of hydrogen-bond donors (Lipinski definition) is 2. The highest BCUT2D eigenvalue weighted by Crippen LogP contribution is 2.39. The Kier molecular flexibility index (Phi) is 6.28. The molecule has 11 heteroatoms. The number of nitrogens with zero attached hydrogens (tertiary/aromatic N) is 5. The van der Waals surface area contributed by atoms with Crippen LogP contribution in [0.25, 0.3) is 20.8 Å². The molecule has 6 rings (SSSR count). The van der Waals surface area contributed by atoms with Crippen LogP contribution in [-0.4, -0.2) is 51.2 Å². The van der Waals surface area contributed by atoms with Crippen LogP contribution in [0.1, 0.15) is 43.5 Å². The molecule has 4 aromatic rings. The Morgan fingerprint density at radius 3 is 2.46 bits per heavy atom. The number of fused-ring (bicyclic) bond motifs is 1. The van der Waals surface area contributed by atoms with E-state index in [1.54, 1.807) is 23.5 Å². The fraction of sp³-hybridized carbons (Fsp3) is 0.423. The van der Waals surface area contributed by atoms with E-state index in [1.807, 2.05) is 26.1 Å². The van der Waals surface area contributed by atoms with Gasteiger partial charge in [-0.15, -0.1) is 11.3 Å². The van der Waals surface area contributed by atoms with Gasteiger partial charge in [0.05, 0.1) is 32.3 Å². The second-order valence-electron chi connectivity index (χ2n) is 10.0. The minimum Gasteiger partial charge on any atom is -0.367 e. The normalized spacial score (nSPS) is 19.8. The third-order valence-electron chi connectivity index (χ3n) is 7.05. The zero-order valence-electron chi connectivity index (χ0n) is 20.8. The molecule has 2 aliphatic rings. The fourth-order valence-corrected chi connectivity index (χ4v) is 7.76. The van der Waals surface area contributed by atoms with Crippen LogP contribution in [0, 0.1) is 19.8 Å². The van der Waals surface area contributed by atoms with Crippen LogP contribution in [0.4, 0.5) is 11.8 Å². The molecule has 2 fully saturated rings. The van der Waals surface area contributed by atoms with Gasteiger partial charge in [-0.05, 0) is 70.1 Å². The van der Waals surface area contributed by atoms with Gasteiger partial charge >= 0.3 is 0 Å². The molecule has 2 unspecified atom stereocenters. The lowest BCUT2D eigenvalue weighted by atomic mass is 10.1. The summed E-state index contributed by atoms with van der Waals surface area (Å²) in [6.45, 7) is 3.96. The second-order valence-corrected chi connectivity index (χ2v) is 13.1. The first kappa shape index (κ1) is 24.2. The SMILES string of the molecule is Cc1nc(NC2CC2)nc(NC2CCC(CS(=O)(=O)c3ccncc3)C2)c1-c1nc2c(C)nccc2s1. The molecular formula is C26H29N7O2S2. The Hall–Kier alpha value is -3.18. The van der Waals surface area contributed by atoms with Gasteiger partial charge in [0.1, 0.15) is 16.3 Å². The number of rotatable bonds is 8. The highest BCUT2D eigenvalue weighted by Gasteiger charge is 2.31.